The number of anilines is 2. The number of aryl methyl sites for hydroxylation is 2. The summed E-state index contributed by atoms with van der Waals surface area (Å²) < 4.78 is 1.88. The fourth-order valence-corrected chi connectivity index (χ4v) is 2.99. The maximum atomic E-state index is 6.12. The van der Waals surface area contributed by atoms with Crippen molar-refractivity contribution in [2.45, 2.75) is 46.0 Å². The van der Waals surface area contributed by atoms with Gasteiger partial charge in [0.15, 0.2) is 0 Å². The van der Waals surface area contributed by atoms with E-state index in [1.54, 1.807) is 0 Å². The first-order valence-corrected chi connectivity index (χ1v) is 7.18. The summed E-state index contributed by atoms with van der Waals surface area (Å²) in [5.74, 6) is 2.59. The van der Waals surface area contributed by atoms with Gasteiger partial charge in [-0.25, -0.2) is 0 Å². The second-order valence-corrected chi connectivity index (χ2v) is 5.59. The third-order valence-corrected chi connectivity index (χ3v) is 4.32. The predicted octanol–water partition coefficient (Wildman–Crippen LogP) is 2.80. The molecule has 0 amide bonds. The summed E-state index contributed by atoms with van der Waals surface area (Å²) in [5, 5.41) is 7.95. The molecule has 0 spiro atoms. The van der Waals surface area contributed by atoms with Crippen LogP contribution < -0.4 is 11.1 Å². The first kappa shape index (κ1) is 13.2. The van der Waals surface area contributed by atoms with Gasteiger partial charge in [0.2, 0.25) is 0 Å². The molecule has 1 fully saturated rings. The second kappa shape index (κ2) is 5.63. The summed E-state index contributed by atoms with van der Waals surface area (Å²) in [6.45, 7) is 5.48. The molecule has 0 bridgehead atoms. The molecule has 0 aromatic carbocycles. The fraction of sp³-hybridized carbons (Fsp3) is 0.786. The lowest BCUT2D eigenvalue weighted by Crippen LogP contribution is -2.25. The van der Waals surface area contributed by atoms with Crippen LogP contribution in [-0.4, -0.2) is 16.3 Å². The molecular weight excluding hydrogens is 224 g/mol. The first-order chi connectivity index (χ1) is 8.63. The van der Waals surface area contributed by atoms with Gasteiger partial charge in [0.1, 0.15) is 5.82 Å². The van der Waals surface area contributed by atoms with Gasteiger partial charge < -0.3 is 11.1 Å². The Hall–Kier alpha value is -1.19. The Bertz CT molecular complexity index is 397. The molecule has 1 aliphatic rings. The van der Waals surface area contributed by atoms with Crippen molar-refractivity contribution in [2.24, 2.45) is 18.9 Å². The predicted molar refractivity (Wildman–Crippen MR) is 76.6 cm³/mol. The van der Waals surface area contributed by atoms with Crippen LogP contribution in [0.15, 0.2) is 0 Å². The van der Waals surface area contributed by atoms with Gasteiger partial charge >= 0.3 is 0 Å². The molecule has 4 nitrogen and oxygen atoms in total. The molecule has 4 heteroatoms. The van der Waals surface area contributed by atoms with E-state index in [2.05, 4.69) is 24.3 Å². The second-order valence-electron chi connectivity index (χ2n) is 5.59. The summed E-state index contributed by atoms with van der Waals surface area (Å²) in [4.78, 5) is 0. The number of hydrogen-bond acceptors (Lipinski definition) is 3. The van der Waals surface area contributed by atoms with Crippen molar-refractivity contribution in [3.05, 3.63) is 5.69 Å². The van der Waals surface area contributed by atoms with Crippen LogP contribution in [0.5, 0.6) is 0 Å². The van der Waals surface area contributed by atoms with E-state index >= 15 is 0 Å². The van der Waals surface area contributed by atoms with Gasteiger partial charge in [-0.3, -0.25) is 4.68 Å². The summed E-state index contributed by atoms with van der Waals surface area (Å²) in [6, 6.07) is 0. The zero-order valence-electron chi connectivity index (χ0n) is 11.9. The highest BCUT2D eigenvalue weighted by molar-refractivity contribution is 5.64. The molecular formula is C14H26N4. The number of nitrogens with two attached hydrogens (primary N) is 1. The van der Waals surface area contributed by atoms with Gasteiger partial charge in [0, 0.05) is 13.6 Å². The molecule has 18 heavy (non-hydrogen) atoms. The van der Waals surface area contributed by atoms with Gasteiger partial charge in [-0.2, -0.15) is 5.10 Å². The average Bonchev–Trinajstić information content (AvgIpc) is 2.64. The molecule has 2 rings (SSSR count). The smallest absolute Gasteiger partial charge is 0.147 e. The standard InChI is InChI=1S/C14H26N4/c1-4-12-13(15)14(18(3)17-12)16-9-11-8-6-5-7-10(11)2/h10-11,16H,4-9,15H2,1-3H3. The van der Waals surface area contributed by atoms with Crippen LogP contribution in [0.25, 0.3) is 0 Å². The molecule has 2 atom stereocenters. The molecule has 0 saturated heterocycles. The Morgan fingerprint density at radius 1 is 1.39 bits per heavy atom. The van der Waals surface area contributed by atoms with E-state index < -0.39 is 0 Å². The van der Waals surface area contributed by atoms with Crippen LogP contribution >= 0.6 is 0 Å². The highest BCUT2D eigenvalue weighted by atomic mass is 15.3. The summed E-state index contributed by atoms with van der Waals surface area (Å²) in [5.41, 5.74) is 7.94. The average molecular weight is 250 g/mol. The maximum Gasteiger partial charge on any atom is 0.147 e. The Labute approximate surface area is 110 Å². The molecule has 1 saturated carbocycles. The Morgan fingerprint density at radius 2 is 2.11 bits per heavy atom. The van der Waals surface area contributed by atoms with Crippen LogP contribution in [0.3, 0.4) is 0 Å². The summed E-state index contributed by atoms with van der Waals surface area (Å²) in [6.07, 6.45) is 6.37. The van der Waals surface area contributed by atoms with Crippen molar-refractivity contribution in [3.8, 4) is 0 Å². The molecule has 0 radical (unpaired) electrons. The van der Waals surface area contributed by atoms with Gasteiger partial charge in [-0.1, -0.05) is 33.1 Å². The van der Waals surface area contributed by atoms with Crippen LogP contribution in [0.1, 0.15) is 45.2 Å². The minimum atomic E-state index is 0.776. The molecule has 0 aliphatic heterocycles. The highest BCUT2D eigenvalue weighted by Gasteiger charge is 2.22. The summed E-state index contributed by atoms with van der Waals surface area (Å²) in [7, 11) is 1.96. The van der Waals surface area contributed by atoms with Crippen molar-refractivity contribution >= 4 is 11.5 Å². The fourth-order valence-electron chi connectivity index (χ4n) is 2.99. The topological polar surface area (TPSA) is 55.9 Å². The Kier molecular flexibility index (Phi) is 4.15. The molecule has 3 N–H and O–H groups in total. The minimum absolute atomic E-state index is 0.776. The normalized spacial score (nSPS) is 24.2. The van der Waals surface area contributed by atoms with Crippen LogP contribution in [0, 0.1) is 11.8 Å². The van der Waals surface area contributed by atoms with Gasteiger partial charge in [0.25, 0.3) is 0 Å². The lowest BCUT2D eigenvalue weighted by atomic mass is 9.80. The summed E-state index contributed by atoms with van der Waals surface area (Å²) >= 11 is 0. The van der Waals surface area contributed by atoms with E-state index in [0.717, 1.165) is 42.0 Å². The molecule has 2 unspecified atom stereocenters. The van der Waals surface area contributed by atoms with Crippen molar-refractivity contribution in [2.75, 3.05) is 17.6 Å². The van der Waals surface area contributed by atoms with E-state index in [1.165, 1.54) is 25.7 Å². The minimum Gasteiger partial charge on any atom is -0.394 e. The lowest BCUT2D eigenvalue weighted by molar-refractivity contribution is 0.268. The number of nitrogens with one attached hydrogen (secondary N) is 1. The molecule has 1 aliphatic carbocycles. The zero-order valence-corrected chi connectivity index (χ0v) is 11.9. The quantitative estimate of drug-likeness (QED) is 0.864. The van der Waals surface area contributed by atoms with Gasteiger partial charge in [-0.05, 0) is 24.7 Å². The van der Waals surface area contributed by atoms with Crippen molar-refractivity contribution in [3.63, 3.8) is 0 Å². The van der Waals surface area contributed by atoms with Gasteiger partial charge in [0.05, 0.1) is 11.4 Å². The van der Waals surface area contributed by atoms with Crippen LogP contribution in [0.2, 0.25) is 0 Å². The zero-order chi connectivity index (χ0) is 13.1. The van der Waals surface area contributed by atoms with E-state index in [1.807, 2.05) is 11.7 Å². The maximum absolute atomic E-state index is 6.12. The highest BCUT2D eigenvalue weighted by Crippen LogP contribution is 2.30. The van der Waals surface area contributed by atoms with E-state index in [4.69, 9.17) is 5.73 Å². The van der Waals surface area contributed by atoms with Crippen LogP contribution in [0.4, 0.5) is 11.5 Å². The third-order valence-electron chi connectivity index (χ3n) is 4.32. The third kappa shape index (κ3) is 2.62. The van der Waals surface area contributed by atoms with Crippen molar-refractivity contribution in [1.82, 2.24) is 9.78 Å². The Balaban J connectivity index is 1.99. The van der Waals surface area contributed by atoms with E-state index in [9.17, 15) is 0 Å². The number of aromatic nitrogens is 2. The number of nitrogens with zero attached hydrogens (tertiary/aromatic N) is 2. The van der Waals surface area contributed by atoms with E-state index in [-0.39, 0.29) is 0 Å². The molecule has 1 aromatic heterocycles. The lowest BCUT2D eigenvalue weighted by Gasteiger charge is -2.29. The first-order valence-electron chi connectivity index (χ1n) is 7.18. The molecule has 1 aromatic rings. The Morgan fingerprint density at radius 3 is 2.72 bits per heavy atom. The number of nitrogen functional groups attached to an aromatic ring is 1. The molecule has 102 valence electrons. The van der Waals surface area contributed by atoms with Crippen molar-refractivity contribution in [1.29, 1.82) is 0 Å². The van der Waals surface area contributed by atoms with E-state index in [0.29, 0.717) is 0 Å². The number of hydrogen-bond donors (Lipinski definition) is 2. The van der Waals surface area contributed by atoms with Crippen molar-refractivity contribution < 1.29 is 0 Å². The SMILES string of the molecule is CCc1nn(C)c(NCC2CCCCC2C)c1N. The number of rotatable bonds is 4. The molecule has 1 heterocycles. The van der Waals surface area contributed by atoms with Gasteiger partial charge in [-0.15, -0.1) is 0 Å². The monoisotopic (exact) mass is 250 g/mol. The van der Waals surface area contributed by atoms with Crippen LogP contribution in [-0.2, 0) is 13.5 Å². The largest absolute Gasteiger partial charge is 0.394 e.